The Morgan fingerprint density at radius 3 is 2.91 bits per heavy atom. The number of nitrogens with zero attached hydrogens (tertiary/aromatic N) is 2. The summed E-state index contributed by atoms with van der Waals surface area (Å²) in [6.07, 6.45) is 1.42. The highest BCUT2D eigenvalue weighted by Crippen LogP contribution is 2.36. The Kier molecular flexibility index (Phi) is 4.15. The van der Waals surface area contributed by atoms with Gasteiger partial charge in [0.05, 0.1) is 6.54 Å². The topological polar surface area (TPSA) is 36.7 Å². The fourth-order valence-corrected chi connectivity index (χ4v) is 3.37. The lowest BCUT2D eigenvalue weighted by atomic mass is 10.0. The number of benzene rings is 1. The van der Waals surface area contributed by atoms with Crippen molar-refractivity contribution in [2.75, 3.05) is 20.6 Å². The highest BCUT2D eigenvalue weighted by Gasteiger charge is 2.24. The van der Waals surface area contributed by atoms with Crippen LogP contribution in [0, 0.1) is 0 Å². The van der Waals surface area contributed by atoms with Crippen molar-refractivity contribution in [3.05, 3.63) is 34.0 Å². The van der Waals surface area contributed by atoms with Crippen LogP contribution < -0.4 is 0 Å². The molecule has 0 radical (unpaired) electrons. The largest absolute Gasteiger partial charge is 0.459 e. The van der Waals surface area contributed by atoms with E-state index in [1.807, 2.05) is 26.1 Å². The van der Waals surface area contributed by atoms with Crippen LogP contribution in [0.5, 0.6) is 0 Å². The number of likely N-dealkylation sites (N-methyl/N-ethyl adjacent to an activating group) is 1. The van der Waals surface area contributed by atoms with Crippen LogP contribution in [0.15, 0.2) is 16.5 Å². The van der Waals surface area contributed by atoms with Gasteiger partial charge in [-0.3, -0.25) is 4.79 Å². The molecule has 0 bridgehead atoms. The Balaban J connectivity index is 2.10. The van der Waals surface area contributed by atoms with Crippen LogP contribution in [-0.4, -0.2) is 36.3 Å². The van der Waals surface area contributed by atoms with E-state index in [1.165, 1.54) is 5.56 Å². The molecule has 5 heteroatoms. The lowest BCUT2D eigenvalue weighted by Gasteiger charge is -2.17. The molecule has 0 spiro atoms. The number of furan rings is 1. The highest BCUT2D eigenvalue weighted by molar-refractivity contribution is 6.32. The molecule has 0 unspecified atom stereocenters. The van der Waals surface area contributed by atoms with Crippen molar-refractivity contribution in [3.8, 4) is 0 Å². The van der Waals surface area contributed by atoms with E-state index in [2.05, 4.69) is 11.9 Å². The zero-order valence-electron chi connectivity index (χ0n) is 13.3. The molecule has 0 saturated carbocycles. The van der Waals surface area contributed by atoms with Crippen molar-refractivity contribution in [2.45, 2.75) is 32.9 Å². The van der Waals surface area contributed by atoms with Crippen molar-refractivity contribution in [2.24, 2.45) is 0 Å². The second-order valence-electron chi connectivity index (χ2n) is 5.99. The van der Waals surface area contributed by atoms with E-state index in [1.54, 1.807) is 4.90 Å². The Morgan fingerprint density at radius 1 is 1.41 bits per heavy atom. The second-order valence-corrected chi connectivity index (χ2v) is 6.40. The Bertz CT molecular complexity index is 723. The molecule has 3 rings (SSSR count). The zero-order valence-corrected chi connectivity index (χ0v) is 14.0. The maximum atomic E-state index is 11.9. The summed E-state index contributed by atoms with van der Waals surface area (Å²) in [5, 5.41) is 1.94. The molecule has 1 aliphatic rings. The molecular weight excluding hydrogens is 300 g/mol. The molecule has 2 heterocycles. The molecule has 1 aromatic heterocycles. The minimum atomic E-state index is 0.118. The summed E-state index contributed by atoms with van der Waals surface area (Å²) in [6.45, 7) is 4.17. The van der Waals surface area contributed by atoms with Gasteiger partial charge in [0.25, 0.3) is 0 Å². The van der Waals surface area contributed by atoms with Gasteiger partial charge in [0.15, 0.2) is 0 Å². The van der Waals surface area contributed by atoms with Gasteiger partial charge in [-0.15, -0.1) is 0 Å². The van der Waals surface area contributed by atoms with Gasteiger partial charge in [-0.2, -0.15) is 0 Å². The Hall–Kier alpha value is -1.52. The smallest absolute Gasteiger partial charge is 0.222 e. The molecule has 1 aromatic carbocycles. The number of hydrogen-bond donors (Lipinski definition) is 0. The van der Waals surface area contributed by atoms with Crippen molar-refractivity contribution in [3.63, 3.8) is 0 Å². The highest BCUT2D eigenvalue weighted by atomic mass is 35.5. The van der Waals surface area contributed by atoms with E-state index in [4.69, 9.17) is 16.0 Å². The third-order valence-corrected chi connectivity index (χ3v) is 4.72. The van der Waals surface area contributed by atoms with Crippen molar-refractivity contribution < 1.29 is 9.21 Å². The Morgan fingerprint density at radius 2 is 2.18 bits per heavy atom. The number of halogens is 1. The third-order valence-electron chi connectivity index (χ3n) is 4.37. The van der Waals surface area contributed by atoms with Crippen LogP contribution in [0.25, 0.3) is 11.0 Å². The van der Waals surface area contributed by atoms with Crippen LogP contribution in [0.4, 0.5) is 0 Å². The van der Waals surface area contributed by atoms with Crippen LogP contribution in [0.1, 0.15) is 30.2 Å². The summed E-state index contributed by atoms with van der Waals surface area (Å²) in [5.74, 6) is 0.990. The van der Waals surface area contributed by atoms with Crippen LogP contribution in [0.2, 0.25) is 5.02 Å². The lowest BCUT2D eigenvalue weighted by molar-refractivity contribution is -0.130. The first-order valence-corrected chi connectivity index (χ1v) is 8.03. The first-order chi connectivity index (χ1) is 10.5. The normalized spacial score (nSPS) is 15.1. The van der Waals surface area contributed by atoms with Gasteiger partial charge in [-0.1, -0.05) is 18.5 Å². The van der Waals surface area contributed by atoms with Gasteiger partial charge < -0.3 is 14.2 Å². The summed E-state index contributed by atoms with van der Waals surface area (Å²) in [6, 6.07) is 3.84. The summed E-state index contributed by atoms with van der Waals surface area (Å²) in [4.78, 5) is 15.8. The molecule has 118 valence electrons. The van der Waals surface area contributed by atoms with Gasteiger partial charge in [0.1, 0.15) is 11.3 Å². The summed E-state index contributed by atoms with van der Waals surface area (Å²) in [5.41, 5.74) is 3.21. The lowest BCUT2D eigenvalue weighted by Crippen LogP contribution is -2.26. The minimum absolute atomic E-state index is 0.118. The molecule has 0 aliphatic carbocycles. The predicted molar refractivity (Wildman–Crippen MR) is 88.0 cm³/mol. The SMILES string of the molecule is CCC(=O)N(C)Cc1oc2ccc(Cl)c3c2c1CN(C)CC3. The monoisotopic (exact) mass is 320 g/mol. The van der Waals surface area contributed by atoms with Crippen molar-refractivity contribution in [1.82, 2.24) is 9.80 Å². The maximum Gasteiger partial charge on any atom is 0.222 e. The van der Waals surface area contributed by atoms with Crippen LogP contribution in [-0.2, 0) is 24.3 Å². The van der Waals surface area contributed by atoms with E-state index < -0.39 is 0 Å². The molecule has 0 atom stereocenters. The number of hydrogen-bond acceptors (Lipinski definition) is 3. The van der Waals surface area contributed by atoms with Crippen LogP contribution in [0.3, 0.4) is 0 Å². The Labute approximate surface area is 135 Å². The van der Waals surface area contributed by atoms with E-state index in [-0.39, 0.29) is 5.91 Å². The molecule has 0 fully saturated rings. The summed E-state index contributed by atoms with van der Waals surface area (Å²) >= 11 is 6.39. The summed E-state index contributed by atoms with van der Waals surface area (Å²) < 4.78 is 6.06. The molecule has 0 N–H and O–H groups in total. The van der Waals surface area contributed by atoms with Gasteiger partial charge in [0, 0.05) is 42.5 Å². The number of carbonyl (C=O) groups is 1. The number of rotatable bonds is 3. The molecule has 22 heavy (non-hydrogen) atoms. The van der Waals surface area contributed by atoms with E-state index in [0.717, 1.165) is 46.8 Å². The fraction of sp³-hybridized carbons (Fsp3) is 0.471. The van der Waals surface area contributed by atoms with Crippen molar-refractivity contribution >= 4 is 28.5 Å². The first kappa shape index (κ1) is 15.4. The standard InChI is InChI=1S/C17H21ClN2O2/c1-4-16(21)20(3)10-15-12-9-19(2)8-7-11-13(18)5-6-14(22-15)17(11)12/h5-6H,4,7-10H2,1-3H3. The van der Waals surface area contributed by atoms with E-state index in [0.29, 0.717) is 13.0 Å². The van der Waals surface area contributed by atoms with Gasteiger partial charge >= 0.3 is 0 Å². The van der Waals surface area contributed by atoms with E-state index >= 15 is 0 Å². The van der Waals surface area contributed by atoms with Gasteiger partial charge in [-0.05, 0) is 31.2 Å². The third kappa shape index (κ3) is 2.61. The molecule has 2 aromatic rings. The average Bonchev–Trinajstić information content (AvgIpc) is 2.72. The predicted octanol–water partition coefficient (Wildman–Crippen LogP) is 3.44. The minimum Gasteiger partial charge on any atom is -0.459 e. The maximum absolute atomic E-state index is 11.9. The van der Waals surface area contributed by atoms with E-state index in [9.17, 15) is 4.79 Å². The molecule has 0 saturated heterocycles. The first-order valence-electron chi connectivity index (χ1n) is 7.65. The molecule has 1 aliphatic heterocycles. The van der Waals surface area contributed by atoms with Crippen molar-refractivity contribution in [1.29, 1.82) is 0 Å². The van der Waals surface area contributed by atoms with Crippen LogP contribution >= 0.6 is 11.6 Å². The molecule has 1 amide bonds. The second kappa shape index (κ2) is 5.94. The molecular formula is C17H21ClN2O2. The van der Waals surface area contributed by atoms with Gasteiger partial charge in [-0.25, -0.2) is 0 Å². The zero-order chi connectivity index (χ0) is 15.9. The number of carbonyl (C=O) groups excluding carboxylic acids is 1. The fourth-order valence-electron chi connectivity index (χ4n) is 3.12. The average molecular weight is 321 g/mol. The van der Waals surface area contributed by atoms with Gasteiger partial charge in [0.2, 0.25) is 5.91 Å². The molecule has 4 nitrogen and oxygen atoms in total. The number of amides is 1. The summed E-state index contributed by atoms with van der Waals surface area (Å²) in [7, 11) is 3.92. The quantitative estimate of drug-likeness (QED) is 0.869.